The second-order valence-electron chi connectivity index (χ2n) is 6.98. The van der Waals surface area contributed by atoms with Crippen molar-refractivity contribution in [1.29, 1.82) is 0 Å². The average molecular weight is 374 g/mol. The molecule has 5 heteroatoms. The second kappa shape index (κ2) is 7.72. The topological polar surface area (TPSA) is 60.9 Å². The molecule has 3 aromatic rings. The smallest absolute Gasteiger partial charge is 0.257 e. The number of amides is 2. The van der Waals surface area contributed by atoms with Crippen molar-refractivity contribution in [3.63, 3.8) is 0 Å². The van der Waals surface area contributed by atoms with E-state index < -0.39 is 0 Å². The second-order valence-corrected chi connectivity index (χ2v) is 6.98. The Kier molecular flexibility index (Phi) is 4.98. The van der Waals surface area contributed by atoms with E-state index >= 15 is 0 Å². The summed E-state index contributed by atoms with van der Waals surface area (Å²) in [4.78, 5) is 29.4. The highest BCUT2D eigenvalue weighted by molar-refractivity contribution is 6.07. The van der Waals surface area contributed by atoms with Gasteiger partial charge in [-0.25, -0.2) is 0 Å². The monoisotopic (exact) mass is 374 g/mol. The third-order valence-electron chi connectivity index (χ3n) is 5.22. The summed E-state index contributed by atoms with van der Waals surface area (Å²) in [6.45, 7) is 2.09. The molecule has 1 aliphatic heterocycles. The number of fused-ring (bicyclic) bond motifs is 1. The Morgan fingerprint density at radius 2 is 1.25 bits per heavy atom. The SMILES string of the molecule is O=C(c1ccccc1O)N1CCCN(C(=O)c2cccc3ccccc23)CC1. The summed E-state index contributed by atoms with van der Waals surface area (Å²) in [5.74, 6) is -0.216. The highest BCUT2D eigenvalue weighted by Crippen LogP contribution is 2.22. The first-order valence-electron chi connectivity index (χ1n) is 9.49. The summed E-state index contributed by atoms with van der Waals surface area (Å²) < 4.78 is 0. The fourth-order valence-corrected chi connectivity index (χ4v) is 3.73. The van der Waals surface area contributed by atoms with Crippen molar-refractivity contribution in [2.45, 2.75) is 6.42 Å². The quantitative estimate of drug-likeness (QED) is 0.746. The van der Waals surface area contributed by atoms with Crippen molar-refractivity contribution < 1.29 is 14.7 Å². The van der Waals surface area contributed by atoms with Crippen LogP contribution in [0.3, 0.4) is 0 Å². The molecule has 1 fully saturated rings. The van der Waals surface area contributed by atoms with Crippen LogP contribution in [0.25, 0.3) is 10.8 Å². The zero-order chi connectivity index (χ0) is 19.5. The molecule has 28 heavy (non-hydrogen) atoms. The van der Waals surface area contributed by atoms with Gasteiger partial charge in [-0.15, -0.1) is 0 Å². The zero-order valence-electron chi connectivity index (χ0n) is 15.5. The first-order valence-corrected chi connectivity index (χ1v) is 9.49. The van der Waals surface area contributed by atoms with Crippen LogP contribution in [0.1, 0.15) is 27.1 Å². The van der Waals surface area contributed by atoms with Crippen molar-refractivity contribution in [2.75, 3.05) is 26.2 Å². The minimum absolute atomic E-state index is 0.00587. The third-order valence-corrected chi connectivity index (χ3v) is 5.22. The van der Waals surface area contributed by atoms with E-state index in [1.807, 2.05) is 47.4 Å². The van der Waals surface area contributed by atoms with E-state index in [1.54, 1.807) is 23.1 Å². The van der Waals surface area contributed by atoms with Gasteiger partial charge in [0.1, 0.15) is 5.75 Å². The third kappa shape index (κ3) is 3.43. The fraction of sp³-hybridized carbons (Fsp3) is 0.217. The lowest BCUT2D eigenvalue weighted by Gasteiger charge is -2.23. The maximum absolute atomic E-state index is 13.1. The molecular formula is C23H22N2O3. The lowest BCUT2D eigenvalue weighted by atomic mass is 10.0. The molecule has 0 atom stereocenters. The predicted molar refractivity (Wildman–Crippen MR) is 108 cm³/mol. The standard InChI is InChI=1S/C23H22N2O3/c26-21-12-4-3-10-20(21)23(28)25-14-6-13-24(15-16-25)22(27)19-11-5-8-17-7-1-2-9-18(17)19/h1-5,7-12,26H,6,13-16H2. The van der Waals surface area contributed by atoms with Gasteiger partial charge in [0, 0.05) is 31.7 Å². The van der Waals surface area contributed by atoms with Gasteiger partial charge < -0.3 is 14.9 Å². The largest absolute Gasteiger partial charge is 0.507 e. The summed E-state index contributed by atoms with van der Waals surface area (Å²) in [5, 5.41) is 11.9. The Hall–Kier alpha value is -3.34. The molecule has 4 rings (SSSR count). The molecule has 2 amide bonds. The number of aromatic hydroxyl groups is 1. The van der Waals surface area contributed by atoms with Crippen molar-refractivity contribution >= 4 is 22.6 Å². The predicted octanol–water partition coefficient (Wildman–Crippen LogP) is 3.53. The van der Waals surface area contributed by atoms with Crippen molar-refractivity contribution in [1.82, 2.24) is 9.80 Å². The van der Waals surface area contributed by atoms with E-state index in [-0.39, 0.29) is 17.6 Å². The summed E-state index contributed by atoms with van der Waals surface area (Å²) in [7, 11) is 0. The van der Waals surface area contributed by atoms with Crippen LogP contribution < -0.4 is 0 Å². The molecule has 1 heterocycles. The number of carbonyl (C=O) groups is 2. The number of benzene rings is 3. The minimum atomic E-state index is -0.197. The Morgan fingerprint density at radius 1 is 0.679 bits per heavy atom. The van der Waals surface area contributed by atoms with Gasteiger partial charge in [0.2, 0.25) is 0 Å². The van der Waals surface area contributed by atoms with E-state index in [9.17, 15) is 14.7 Å². The molecule has 0 radical (unpaired) electrons. The Morgan fingerprint density at radius 3 is 2.00 bits per heavy atom. The van der Waals surface area contributed by atoms with E-state index in [1.165, 1.54) is 6.07 Å². The minimum Gasteiger partial charge on any atom is -0.507 e. The van der Waals surface area contributed by atoms with Crippen molar-refractivity contribution in [3.05, 3.63) is 77.9 Å². The molecule has 1 N–H and O–H groups in total. The number of phenolic OH excluding ortho intramolecular Hbond substituents is 1. The first kappa shape index (κ1) is 18.0. The van der Waals surface area contributed by atoms with Crippen molar-refractivity contribution in [2.24, 2.45) is 0 Å². The fourth-order valence-electron chi connectivity index (χ4n) is 3.73. The summed E-state index contributed by atoms with van der Waals surface area (Å²) in [6.07, 6.45) is 0.704. The van der Waals surface area contributed by atoms with Gasteiger partial charge in [-0.3, -0.25) is 9.59 Å². The molecule has 142 valence electrons. The van der Waals surface area contributed by atoms with Gasteiger partial charge in [0.05, 0.1) is 5.56 Å². The zero-order valence-corrected chi connectivity index (χ0v) is 15.5. The van der Waals surface area contributed by atoms with Gasteiger partial charge >= 0.3 is 0 Å². The van der Waals surface area contributed by atoms with E-state index in [2.05, 4.69) is 0 Å². The molecule has 0 aliphatic carbocycles. The number of carbonyl (C=O) groups excluding carboxylic acids is 2. The molecule has 1 aliphatic rings. The summed E-state index contributed by atoms with van der Waals surface area (Å²) in [5.41, 5.74) is 0.995. The van der Waals surface area contributed by atoms with Crippen LogP contribution in [-0.4, -0.2) is 52.9 Å². The molecule has 0 bridgehead atoms. The van der Waals surface area contributed by atoms with Crippen LogP contribution in [0, 0.1) is 0 Å². The van der Waals surface area contributed by atoms with Crippen LogP contribution >= 0.6 is 0 Å². The van der Waals surface area contributed by atoms with E-state index in [0.717, 1.165) is 10.8 Å². The summed E-state index contributed by atoms with van der Waals surface area (Å²) >= 11 is 0. The molecule has 0 unspecified atom stereocenters. The molecule has 1 saturated heterocycles. The normalized spacial score (nSPS) is 14.7. The van der Waals surface area contributed by atoms with Gasteiger partial charge in [-0.2, -0.15) is 0 Å². The number of nitrogens with zero attached hydrogens (tertiary/aromatic N) is 2. The van der Waals surface area contributed by atoms with Gasteiger partial charge in [-0.05, 0) is 35.4 Å². The van der Waals surface area contributed by atoms with Crippen LogP contribution in [0.2, 0.25) is 0 Å². The van der Waals surface area contributed by atoms with E-state index in [4.69, 9.17) is 0 Å². The molecule has 5 nitrogen and oxygen atoms in total. The van der Waals surface area contributed by atoms with Crippen LogP contribution in [0.4, 0.5) is 0 Å². The van der Waals surface area contributed by atoms with Gasteiger partial charge in [0.15, 0.2) is 0 Å². The maximum atomic E-state index is 13.1. The summed E-state index contributed by atoms with van der Waals surface area (Å²) in [6, 6.07) is 20.2. The van der Waals surface area contributed by atoms with Crippen molar-refractivity contribution in [3.8, 4) is 5.75 Å². The maximum Gasteiger partial charge on any atom is 0.257 e. The number of rotatable bonds is 2. The van der Waals surface area contributed by atoms with E-state index in [0.29, 0.717) is 43.7 Å². The van der Waals surface area contributed by atoms with Gasteiger partial charge in [0.25, 0.3) is 11.8 Å². The Bertz CT molecular complexity index is 1030. The highest BCUT2D eigenvalue weighted by Gasteiger charge is 2.25. The lowest BCUT2D eigenvalue weighted by molar-refractivity contribution is 0.0718. The molecule has 0 aromatic heterocycles. The molecule has 0 saturated carbocycles. The number of hydrogen-bond donors (Lipinski definition) is 1. The lowest BCUT2D eigenvalue weighted by Crippen LogP contribution is -2.37. The van der Waals surface area contributed by atoms with Crippen LogP contribution in [0.15, 0.2) is 66.7 Å². The Balaban J connectivity index is 1.52. The molecule has 0 spiro atoms. The number of hydrogen-bond acceptors (Lipinski definition) is 3. The molecule has 3 aromatic carbocycles. The number of phenols is 1. The average Bonchev–Trinajstić information content (AvgIpc) is 2.99. The number of para-hydroxylation sites is 1. The van der Waals surface area contributed by atoms with Crippen LogP contribution in [0.5, 0.6) is 5.75 Å². The first-order chi connectivity index (χ1) is 13.6. The molecular weight excluding hydrogens is 352 g/mol. The van der Waals surface area contributed by atoms with Gasteiger partial charge in [-0.1, -0.05) is 48.5 Å². The van der Waals surface area contributed by atoms with Crippen LogP contribution in [-0.2, 0) is 0 Å². The highest BCUT2D eigenvalue weighted by atomic mass is 16.3. The Labute approximate surface area is 163 Å².